The van der Waals surface area contributed by atoms with E-state index in [1.807, 2.05) is 21.0 Å². The Balaban J connectivity index is 2.66. The van der Waals surface area contributed by atoms with Crippen LogP contribution in [0.3, 0.4) is 0 Å². The minimum Gasteiger partial charge on any atom is -0.309 e. The highest BCUT2D eigenvalue weighted by atomic mass is 35.5. The summed E-state index contributed by atoms with van der Waals surface area (Å²) in [6.07, 6.45) is 0.842. The third-order valence-electron chi connectivity index (χ3n) is 1.65. The first-order valence-corrected chi connectivity index (χ1v) is 4.60. The normalized spacial score (nSPS) is 10.8. The fourth-order valence-electron chi connectivity index (χ4n) is 1.02. The van der Waals surface area contributed by atoms with Crippen LogP contribution in [0.5, 0.6) is 0 Å². The molecule has 0 aliphatic carbocycles. The van der Waals surface area contributed by atoms with Gasteiger partial charge in [-0.2, -0.15) is 0 Å². The molecule has 0 amide bonds. The molecule has 0 radical (unpaired) electrons. The summed E-state index contributed by atoms with van der Waals surface area (Å²) >= 11 is 5.80. The van der Waals surface area contributed by atoms with Gasteiger partial charge >= 0.3 is 0 Å². The Kier molecular flexibility index (Phi) is 3.63. The SMILES string of the molecule is Cc1cc(Cl)nc(CCN(C)C)n1. The number of halogens is 1. The molecule has 1 aromatic rings. The Morgan fingerprint density at radius 1 is 1.38 bits per heavy atom. The maximum Gasteiger partial charge on any atom is 0.133 e. The van der Waals surface area contributed by atoms with Crippen LogP contribution in [0.2, 0.25) is 5.15 Å². The molecule has 0 saturated heterocycles. The Bertz CT molecular complexity index is 266. The van der Waals surface area contributed by atoms with Crippen molar-refractivity contribution in [2.24, 2.45) is 0 Å². The van der Waals surface area contributed by atoms with Crippen molar-refractivity contribution < 1.29 is 0 Å². The molecule has 0 aliphatic rings. The lowest BCUT2D eigenvalue weighted by Gasteiger charge is -2.08. The largest absolute Gasteiger partial charge is 0.309 e. The summed E-state index contributed by atoms with van der Waals surface area (Å²) in [5.41, 5.74) is 0.925. The number of aromatic nitrogens is 2. The molecule has 72 valence electrons. The second-order valence-corrected chi connectivity index (χ2v) is 3.69. The summed E-state index contributed by atoms with van der Waals surface area (Å²) in [6.45, 7) is 2.87. The number of rotatable bonds is 3. The number of hydrogen-bond donors (Lipinski definition) is 0. The van der Waals surface area contributed by atoms with Gasteiger partial charge in [0.15, 0.2) is 0 Å². The molecule has 0 unspecified atom stereocenters. The molecule has 13 heavy (non-hydrogen) atoms. The van der Waals surface area contributed by atoms with E-state index in [1.54, 1.807) is 6.07 Å². The van der Waals surface area contributed by atoms with Gasteiger partial charge in [0, 0.05) is 18.7 Å². The van der Waals surface area contributed by atoms with Gasteiger partial charge in [-0.05, 0) is 27.1 Å². The van der Waals surface area contributed by atoms with E-state index >= 15 is 0 Å². The average Bonchev–Trinajstić information content (AvgIpc) is 1.99. The summed E-state index contributed by atoms with van der Waals surface area (Å²) in [4.78, 5) is 10.5. The van der Waals surface area contributed by atoms with Gasteiger partial charge in [0.2, 0.25) is 0 Å². The van der Waals surface area contributed by atoms with E-state index in [-0.39, 0.29) is 0 Å². The molecule has 0 N–H and O–H groups in total. The molecule has 1 aromatic heterocycles. The van der Waals surface area contributed by atoms with Crippen LogP contribution in [-0.4, -0.2) is 35.5 Å². The predicted octanol–water partition coefficient (Wildman–Crippen LogP) is 1.54. The smallest absolute Gasteiger partial charge is 0.133 e. The molecule has 0 spiro atoms. The lowest BCUT2D eigenvalue weighted by Crippen LogP contribution is -2.16. The van der Waals surface area contributed by atoms with Gasteiger partial charge in [0.25, 0.3) is 0 Å². The van der Waals surface area contributed by atoms with Gasteiger partial charge in [-0.3, -0.25) is 0 Å². The minimum atomic E-state index is 0.529. The van der Waals surface area contributed by atoms with Crippen molar-refractivity contribution in [1.29, 1.82) is 0 Å². The third kappa shape index (κ3) is 3.70. The lowest BCUT2D eigenvalue weighted by atomic mass is 10.3. The molecule has 0 atom stereocenters. The van der Waals surface area contributed by atoms with Gasteiger partial charge in [-0.25, -0.2) is 9.97 Å². The Hall–Kier alpha value is -0.670. The van der Waals surface area contributed by atoms with Crippen molar-refractivity contribution in [2.75, 3.05) is 20.6 Å². The van der Waals surface area contributed by atoms with Crippen LogP contribution in [0.4, 0.5) is 0 Å². The first-order chi connectivity index (χ1) is 6.08. The highest BCUT2D eigenvalue weighted by Gasteiger charge is 2.00. The van der Waals surface area contributed by atoms with Crippen LogP contribution in [0.1, 0.15) is 11.5 Å². The summed E-state index contributed by atoms with van der Waals surface area (Å²) < 4.78 is 0. The number of nitrogens with zero attached hydrogens (tertiary/aromatic N) is 3. The number of aryl methyl sites for hydroxylation is 1. The molecular weight excluding hydrogens is 186 g/mol. The van der Waals surface area contributed by atoms with Crippen molar-refractivity contribution in [3.05, 3.63) is 22.7 Å². The molecule has 4 heteroatoms. The zero-order valence-corrected chi connectivity index (χ0v) is 8.97. The topological polar surface area (TPSA) is 29.0 Å². The van der Waals surface area contributed by atoms with Crippen LogP contribution < -0.4 is 0 Å². The van der Waals surface area contributed by atoms with E-state index in [1.165, 1.54) is 0 Å². The van der Waals surface area contributed by atoms with Gasteiger partial charge in [0.1, 0.15) is 11.0 Å². The first-order valence-electron chi connectivity index (χ1n) is 4.22. The maximum absolute atomic E-state index is 5.80. The Labute approximate surface area is 83.8 Å². The van der Waals surface area contributed by atoms with E-state index in [9.17, 15) is 0 Å². The summed E-state index contributed by atoms with van der Waals surface area (Å²) in [6, 6.07) is 1.76. The zero-order chi connectivity index (χ0) is 9.84. The van der Waals surface area contributed by atoms with E-state index in [0.29, 0.717) is 5.15 Å². The van der Waals surface area contributed by atoms with Gasteiger partial charge in [-0.15, -0.1) is 0 Å². The molecule has 1 heterocycles. The molecular formula is C9H14ClN3. The van der Waals surface area contributed by atoms with Crippen LogP contribution in [0.15, 0.2) is 6.07 Å². The standard InChI is InChI=1S/C9H14ClN3/c1-7-6-8(10)12-9(11-7)4-5-13(2)3/h6H,4-5H2,1-3H3. The molecule has 0 aliphatic heterocycles. The number of hydrogen-bond acceptors (Lipinski definition) is 3. The van der Waals surface area contributed by atoms with E-state index in [2.05, 4.69) is 14.9 Å². The van der Waals surface area contributed by atoms with Crippen molar-refractivity contribution in [3.63, 3.8) is 0 Å². The van der Waals surface area contributed by atoms with Gasteiger partial charge in [0.05, 0.1) is 0 Å². The second kappa shape index (κ2) is 4.53. The van der Waals surface area contributed by atoms with E-state index in [4.69, 9.17) is 11.6 Å². The van der Waals surface area contributed by atoms with Crippen molar-refractivity contribution in [1.82, 2.24) is 14.9 Å². The third-order valence-corrected chi connectivity index (χ3v) is 1.85. The molecule has 0 saturated carbocycles. The highest BCUT2D eigenvalue weighted by molar-refractivity contribution is 6.29. The summed E-state index contributed by atoms with van der Waals surface area (Å²) in [5, 5.41) is 0.529. The molecule has 0 bridgehead atoms. The fourth-order valence-corrected chi connectivity index (χ4v) is 1.28. The van der Waals surface area contributed by atoms with Crippen LogP contribution >= 0.6 is 11.6 Å². The van der Waals surface area contributed by atoms with Crippen LogP contribution in [-0.2, 0) is 6.42 Å². The second-order valence-electron chi connectivity index (χ2n) is 3.30. The van der Waals surface area contributed by atoms with Crippen molar-refractivity contribution in [2.45, 2.75) is 13.3 Å². The maximum atomic E-state index is 5.80. The predicted molar refractivity (Wildman–Crippen MR) is 54.0 cm³/mol. The van der Waals surface area contributed by atoms with Gasteiger partial charge < -0.3 is 4.90 Å². The Morgan fingerprint density at radius 3 is 2.62 bits per heavy atom. The van der Waals surface area contributed by atoms with E-state index in [0.717, 1.165) is 24.5 Å². The zero-order valence-electron chi connectivity index (χ0n) is 8.21. The highest BCUT2D eigenvalue weighted by Crippen LogP contribution is 2.06. The fraction of sp³-hybridized carbons (Fsp3) is 0.556. The van der Waals surface area contributed by atoms with Crippen LogP contribution in [0, 0.1) is 6.92 Å². The first kappa shape index (κ1) is 10.4. The average molecular weight is 200 g/mol. The molecule has 1 rings (SSSR count). The van der Waals surface area contributed by atoms with Crippen molar-refractivity contribution in [3.8, 4) is 0 Å². The number of likely N-dealkylation sites (N-methyl/N-ethyl adjacent to an activating group) is 1. The summed E-state index contributed by atoms with van der Waals surface area (Å²) in [7, 11) is 4.05. The van der Waals surface area contributed by atoms with E-state index < -0.39 is 0 Å². The molecule has 0 aromatic carbocycles. The van der Waals surface area contributed by atoms with Crippen LogP contribution in [0.25, 0.3) is 0 Å². The summed E-state index contributed by atoms with van der Waals surface area (Å²) in [5.74, 6) is 0.818. The minimum absolute atomic E-state index is 0.529. The molecule has 3 nitrogen and oxygen atoms in total. The van der Waals surface area contributed by atoms with Gasteiger partial charge in [-0.1, -0.05) is 11.6 Å². The quantitative estimate of drug-likeness (QED) is 0.692. The lowest BCUT2D eigenvalue weighted by molar-refractivity contribution is 0.409. The Morgan fingerprint density at radius 2 is 2.08 bits per heavy atom. The van der Waals surface area contributed by atoms with Crippen molar-refractivity contribution >= 4 is 11.6 Å². The molecule has 0 fully saturated rings. The monoisotopic (exact) mass is 199 g/mol.